The van der Waals surface area contributed by atoms with Crippen LogP contribution in [0.25, 0.3) is 6.08 Å². The molecular formula is C15H25NO3S. The first-order valence-corrected chi connectivity index (χ1v) is 8.26. The molecule has 0 amide bonds. The quantitative estimate of drug-likeness (QED) is 0.620. The smallest absolute Gasteiger partial charge is 0.117 e. The minimum absolute atomic E-state index is 0.641. The Hall–Kier alpha value is -1.17. The van der Waals surface area contributed by atoms with Gasteiger partial charge in [0.1, 0.15) is 10.1 Å². The van der Waals surface area contributed by atoms with E-state index in [1.165, 1.54) is 30.2 Å². The van der Waals surface area contributed by atoms with Crippen LogP contribution in [0.2, 0.25) is 0 Å². The predicted molar refractivity (Wildman–Crippen MR) is 83.0 cm³/mol. The Morgan fingerprint density at radius 2 is 1.50 bits per heavy atom. The molecule has 0 bridgehead atoms. The molecule has 0 saturated heterocycles. The second-order valence-corrected chi connectivity index (χ2v) is 6.03. The second-order valence-electron chi connectivity index (χ2n) is 4.77. The van der Waals surface area contributed by atoms with Gasteiger partial charge in [0, 0.05) is 5.41 Å². The predicted octanol–water partition coefficient (Wildman–Crippen LogP) is 2.70. The minimum atomic E-state index is -4.25. The van der Waals surface area contributed by atoms with Crippen molar-refractivity contribution in [1.29, 1.82) is 0 Å². The molecular weight excluding hydrogens is 274 g/mol. The van der Waals surface area contributed by atoms with Gasteiger partial charge in [-0.2, -0.15) is 0 Å². The van der Waals surface area contributed by atoms with Crippen molar-refractivity contribution < 1.29 is 17.5 Å². The first-order valence-electron chi connectivity index (χ1n) is 6.79. The van der Waals surface area contributed by atoms with Crippen LogP contribution in [0.5, 0.6) is 0 Å². The number of quaternary nitrogens is 1. The highest BCUT2D eigenvalue weighted by atomic mass is 32.2. The van der Waals surface area contributed by atoms with E-state index in [9.17, 15) is 13.0 Å². The van der Waals surface area contributed by atoms with Crippen LogP contribution < -0.4 is 0 Å². The van der Waals surface area contributed by atoms with Gasteiger partial charge in [-0.1, -0.05) is 30.3 Å². The molecule has 0 heterocycles. The summed E-state index contributed by atoms with van der Waals surface area (Å²) < 4.78 is 31.7. The van der Waals surface area contributed by atoms with Gasteiger partial charge >= 0.3 is 0 Å². The third-order valence-corrected chi connectivity index (χ3v) is 3.99. The van der Waals surface area contributed by atoms with Crippen molar-refractivity contribution in [2.75, 3.05) is 26.7 Å². The Labute approximate surface area is 123 Å². The van der Waals surface area contributed by atoms with Crippen LogP contribution in [-0.2, 0) is 10.1 Å². The van der Waals surface area contributed by atoms with Gasteiger partial charge in [-0.25, -0.2) is 8.42 Å². The number of nitrogens with zero attached hydrogens (tertiary/aromatic N) is 1. The molecule has 0 aliphatic rings. The zero-order valence-electron chi connectivity index (χ0n) is 12.7. The van der Waals surface area contributed by atoms with Crippen molar-refractivity contribution in [1.82, 2.24) is 0 Å². The van der Waals surface area contributed by atoms with E-state index in [-0.39, 0.29) is 0 Å². The highest BCUT2D eigenvalue weighted by Crippen LogP contribution is 2.01. The molecule has 1 aromatic rings. The summed E-state index contributed by atoms with van der Waals surface area (Å²) >= 11 is 0. The van der Waals surface area contributed by atoms with E-state index in [1.807, 2.05) is 6.07 Å². The van der Waals surface area contributed by atoms with Gasteiger partial charge in [0.15, 0.2) is 0 Å². The maximum atomic E-state index is 10.2. The third kappa shape index (κ3) is 8.85. The Balaban J connectivity index is 0.000000396. The Bertz CT molecular complexity index is 483. The van der Waals surface area contributed by atoms with Crippen molar-refractivity contribution in [2.24, 2.45) is 0 Å². The average molecular weight is 299 g/mol. The van der Waals surface area contributed by atoms with Crippen LogP contribution in [0.4, 0.5) is 0 Å². The fourth-order valence-electron chi connectivity index (χ4n) is 1.40. The molecule has 0 radical (unpaired) electrons. The SMILES string of the molecule is CC[N+](C)(CC)CC.O=S(=O)([O-])C=Cc1ccccc1. The van der Waals surface area contributed by atoms with Crippen LogP contribution in [0.15, 0.2) is 35.7 Å². The van der Waals surface area contributed by atoms with E-state index in [2.05, 4.69) is 27.8 Å². The maximum Gasteiger partial charge on any atom is 0.117 e. The first-order chi connectivity index (χ1) is 9.26. The van der Waals surface area contributed by atoms with E-state index in [0.29, 0.717) is 11.0 Å². The molecule has 0 aromatic heterocycles. The van der Waals surface area contributed by atoms with Crippen LogP contribution in [0.1, 0.15) is 26.3 Å². The molecule has 0 aliphatic heterocycles. The van der Waals surface area contributed by atoms with Gasteiger partial charge in [0.2, 0.25) is 0 Å². The van der Waals surface area contributed by atoms with E-state index < -0.39 is 10.1 Å². The number of hydrogen-bond acceptors (Lipinski definition) is 3. The fourth-order valence-corrected chi connectivity index (χ4v) is 1.72. The number of hydrogen-bond donors (Lipinski definition) is 0. The zero-order chi connectivity index (χ0) is 15.6. The average Bonchev–Trinajstić information content (AvgIpc) is 2.45. The molecule has 0 N–H and O–H groups in total. The topological polar surface area (TPSA) is 57.2 Å². The van der Waals surface area contributed by atoms with Crippen LogP contribution >= 0.6 is 0 Å². The molecule has 0 atom stereocenters. The lowest BCUT2D eigenvalue weighted by Crippen LogP contribution is -2.42. The highest BCUT2D eigenvalue weighted by molar-refractivity contribution is 7.88. The molecule has 0 unspecified atom stereocenters. The van der Waals surface area contributed by atoms with Crippen molar-refractivity contribution in [3.63, 3.8) is 0 Å². The van der Waals surface area contributed by atoms with E-state index in [1.54, 1.807) is 24.3 Å². The van der Waals surface area contributed by atoms with Crippen LogP contribution in [-0.4, -0.2) is 44.1 Å². The lowest BCUT2D eigenvalue weighted by Gasteiger charge is -2.30. The van der Waals surface area contributed by atoms with Crippen molar-refractivity contribution in [3.8, 4) is 0 Å². The molecule has 0 fully saturated rings. The minimum Gasteiger partial charge on any atom is -0.744 e. The van der Waals surface area contributed by atoms with E-state index in [4.69, 9.17) is 0 Å². The summed E-state index contributed by atoms with van der Waals surface area (Å²) in [6.07, 6.45) is 1.27. The summed E-state index contributed by atoms with van der Waals surface area (Å²) in [4.78, 5) is 0. The van der Waals surface area contributed by atoms with Gasteiger partial charge in [0.05, 0.1) is 26.7 Å². The summed E-state index contributed by atoms with van der Waals surface area (Å²) in [7, 11) is -1.96. The largest absolute Gasteiger partial charge is 0.744 e. The molecule has 0 spiro atoms. The van der Waals surface area contributed by atoms with Gasteiger partial charge in [-0.15, -0.1) is 0 Å². The van der Waals surface area contributed by atoms with Crippen LogP contribution in [0.3, 0.4) is 0 Å². The Kier molecular flexibility index (Phi) is 8.37. The standard InChI is InChI=1S/C8H8O3S.C7H18N/c9-12(10,11)7-6-8-4-2-1-3-5-8;1-5-8(4,6-2)7-3/h1-7H,(H,9,10,11);5-7H2,1-4H3/q;+1/p-1. The molecule has 0 saturated carbocycles. The molecule has 1 aromatic carbocycles. The Morgan fingerprint density at radius 1 is 1.05 bits per heavy atom. The fraction of sp³-hybridized carbons (Fsp3) is 0.467. The Morgan fingerprint density at radius 3 is 1.80 bits per heavy atom. The molecule has 5 heteroatoms. The number of rotatable bonds is 5. The van der Waals surface area contributed by atoms with Gasteiger partial charge < -0.3 is 9.04 Å². The summed E-state index contributed by atoms with van der Waals surface area (Å²) in [5.41, 5.74) is 0.692. The third-order valence-electron chi connectivity index (χ3n) is 3.52. The van der Waals surface area contributed by atoms with Gasteiger partial charge in [0.25, 0.3) is 0 Å². The lowest BCUT2D eigenvalue weighted by molar-refractivity contribution is -0.904. The summed E-state index contributed by atoms with van der Waals surface area (Å²) in [6, 6.07) is 8.75. The zero-order valence-corrected chi connectivity index (χ0v) is 13.6. The van der Waals surface area contributed by atoms with Gasteiger partial charge in [-0.05, 0) is 32.4 Å². The normalized spacial score (nSPS) is 12.1. The van der Waals surface area contributed by atoms with Crippen LogP contribution in [0, 0.1) is 0 Å². The van der Waals surface area contributed by atoms with Crippen molar-refractivity contribution in [2.45, 2.75) is 20.8 Å². The first kappa shape index (κ1) is 18.8. The highest BCUT2D eigenvalue weighted by Gasteiger charge is 2.10. The summed E-state index contributed by atoms with van der Waals surface area (Å²) in [5, 5.41) is 0.641. The van der Waals surface area contributed by atoms with E-state index in [0.717, 1.165) is 0 Å². The summed E-state index contributed by atoms with van der Waals surface area (Å²) in [5.74, 6) is 0. The maximum absolute atomic E-state index is 10.2. The lowest BCUT2D eigenvalue weighted by atomic mass is 10.2. The molecule has 0 aliphatic carbocycles. The van der Waals surface area contributed by atoms with Gasteiger partial charge in [-0.3, -0.25) is 0 Å². The molecule has 1 rings (SSSR count). The van der Waals surface area contributed by atoms with E-state index >= 15 is 0 Å². The van der Waals surface area contributed by atoms with Crippen molar-refractivity contribution >= 4 is 16.2 Å². The molecule has 114 valence electrons. The summed E-state index contributed by atoms with van der Waals surface area (Å²) in [6.45, 7) is 10.5. The van der Waals surface area contributed by atoms with Crippen molar-refractivity contribution in [3.05, 3.63) is 41.3 Å². The monoisotopic (exact) mass is 299 g/mol. The molecule has 20 heavy (non-hydrogen) atoms. The number of benzene rings is 1. The second kappa shape index (κ2) is 8.89. The molecule has 4 nitrogen and oxygen atoms in total.